The Morgan fingerprint density at radius 3 is 2.33 bits per heavy atom. The van der Waals surface area contributed by atoms with Gasteiger partial charge in [-0.2, -0.15) is 5.26 Å². The van der Waals surface area contributed by atoms with Crippen LogP contribution in [0.1, 0.15) is 0 Å². The Hall–Kier alpha value is -2.07. The number of benzene rings is 1. The summed E-state index contributed by atoms with van der Waals surface area (Å²) in [4.78, 5) is 13.3. The van der Waals surface area contributed by atoms with Crippen molar-refractivity contribution in [2.75, 3.05) is 31.6 Å². The van der Waals surface area contributed by atoms with Gasteiger partial charge in [-0.15, -0.1) is 0 Å². The molecule has 0 bridgehead atoms. The van der Waals surface area contributed by atoms with E-state index in [1.54, 1.807) is 30.3 Å². The summed E-state index contributed by atoms with van der Waals surface area (Å²) in [6, 6.07) is 8.56. The third kappa shape index (κ3) is 5.44. The summed E-state index contributed by atoms with van der Waals surface area (Å²) in [6.45, 7) is -0.372. The van der Waals surface area contributed by atoms with Crippen LogP contribution in [0.4, 0.5) is 5.69 Å². The van der Waals surface area contributed by atoms with Gasteiger partial charge in [-0.3, -0.25) is 4.79 Å². The second-order valence-electron chi connectivity index (χ2n) is 4.06. The van der Waals surface area contributed by atoms with Crippen molar-refractivity contribution in [1.82, 2.24) is 4.90 Å². The summed E-state index contributed by atoms with van der Waals surface area (Å²) in [7, 11) is 0. The first-order valence-electron chi connectivity index (χ1n) is 6.25. The second kappa shape index (κ2) is 8.97. The molecule has 112 valence electrons. The molecule has 0 aromatic heterocycles. The number of nitrogens with zero attached hydrogens (tertiary/aromatic N) is 2. The number of amides is 1. The lowest BCUT2D eigenvalue weighted by atomic mass is 10.2. The van der Waals surface area contributed by atoms with Crippen molar-refractivity contribution in [3.63, 3.8) is 0 Å². The van der Waals surface area contributed by atoms with Crippen LogP contribution in [0.2, 0.25) is 5.02 Å². The van der Waals surface area contributed by atoms with Gasteiger partial charge in [-0.1, -0.05) is 11.6 Å². The highest BCUT2D eigenvalue weighted by atomic mass is 35.5. The van der Waals surface area contributed by atoms with Crippen LogP contribution >= 0.6 is 11.6 Å². The van der Waals surface area contributed by atoms with Gasteiger partial charge in [0.05, 0.1) is 13.2 Å². The maximum atomic E-state index is 12.1. The molecule has 0 aliphatic carbocycles. The zero-order valence-electron chi connectivity index (χ0n) is 11.3. The molecule has 7 heteroatoms. The highest BCUT2D eigenvalue weighted by Crippen LogP contribution is 2.14. The van der Waals surface area contributed by atoms with Crippen LogP contribution in [0.25, 0.3) is 0 Å². The summed E-state index contributed by atoms with van der Waals surface area (Å²) in [5.41, 5.74) is 0.558. The quantitative estimate of drug-likeness (QED) is 0.515. The van der Waals surface area contributed by atoms with Crippen molar-refractivity contribution in [2.45, 2.75) is 0 Å². The van der Waals surface area contributed by atoms with Gasteiger partial charge in [0.1, 0.15) is 11.6 Å². The Kier molecular flexibility index (Phi) is 7.26. The number of aliphatic hydroxyl groups is 2. The molecule has 0 aliphatic rings. The van der Waals surface area contributed by atoms with Crippen molar-refractivity contribution < 1.29 is 15.0 Å². The molecule has 0 saturated heterocycles. The molecule has 6 nitrogen and oxygen atoms in total. The van der Waals surface area contributed by atoms with Gasteiger partial charge >= 0.3 is 0 Å². The number of anilines is 1. The molecule has 0 aliphatic heterocycles. The number of hydrogen-bond donors (Lipinski definition) is 3. The zero-order valence-corrected chi connectivity index (χ0v) is 12.0. The van der Waals surface area contributed by atoms with Crippen LogP contribution in [-0.2, 0) is 4.79 Å². The topological polar surface area (TPSA) is 96.6 Å². The average molecular weight is 310 g/mol. The van der Waals surface area contributed by atoms with Crippen molar-refractivity contribution in [3.05, 3.63) is 41.1 Å². The molecule has 0 radical (unpaired) electrons. The van der Waals surface area contributed by atoms with E-state index >= 15 is 0 Å². The van der Waals surface area contributed by atoms with Gasteiger partial charge in [0, 0.05) is 30.0 Å². The van der Waals surface area contributed by atoms with Crippen molar-refractivity contribution in [2.24, 2.45) is 0 Å². The molecule has 1 aromatic rings. The Labute approximate surface area is 127 Å². The first kappa shape index (κ1) is 17.0. The van der Waals surface area contributed by atoms with Gasteiger partial charge in [-0.25, -0.2) is 0 Å². The second-order valence-corrected chi connectivity index (χ2v) is 4.50. The minimum absolute atomic E-state index is 0.0549. The molecule has 1 aromatic carbocycles. The highest BCUT2D eigenvalue weighted by molar-refractivity contribution is 6.30. The summed E-state index contributed by atoms with van der Waals surface area (Å²) < 4.78 is 0. The number of nitrogens with one attached hydrogen (secondary N) is 1. The average Bonchev–Trinajstić information content (AvgIpc) is 2.49. The molecule has 21 heavy (non-hydrogen) atoms. The number of aliphatic hydroxyl groups excluding tert-OH is 2. The lowest BCUT2D eigenvalue weighted by molar-refractivity contribution is -0.127. The van der Waals surface area contributed by atoms with Crippen LogP contribution < -0.4 is 5.32 Å². The smallest absolute Gasteiger partial charge is 0.266 e. The van der Waals surface area contributed by atoms with E-state index in [1.807, 2.05) is 0 Å². The number of halogens is 1. The number of carbonyl (C=O) groups excluding carboxylic acids is 1. The molecule has 0 atom stereocenters. The number of rotatable bonds is 7. The van der Waals surface area contributed by atoms with E-state index in [0.717, 1.165) is 0 Å². The van der Waals surface area contributed by atoms with Crippen molar-refractivity contribution >= 4 is 23.2 Å². The fourth-order valence-corrected chi connectivity index (χ4v) is 1.70. The maximum Gasteiger partial charge on any atom is 0.266 e. The van der Waals surface area contributed by atoms with E-state index in [1.165, 1.54) is 11.1 Å². The minimum Gasteiger partial charge on any atom is -0.395 e. The lowest BCUT2D eigenvalue weighted by Crippen LogP contribution is -2.36. The SMILES string of the molecule is N#C/C(=C/Nc1ccc(Cl)cc1)C(=O)N(CCO)CCO. The Bertz CT molecular complexity index is 531. The maximum absolute atomic E-state index is 12.1. The molecule has 3 N–H and O–H groups in total. The van der Waals surface area contributed by atoms with Gasteiger partial charge in [-0.05, 0) is 24.3 Å². The largest absolute Gasteiger partial charge is 0.395 e. The van der Waals surface area contributed by atoms with E-state index < -0.39 is 5.91 Å². The molecule has 0 unspecified atom stereocenters. The highest BCUT2D eigenvalue weighted by Gasteiger charge is 2.17. The molecule has 0 spiro atoms. The first-order valence-corrected chi connectivity index (χ1v) is 6.63. The molecule has 0 heterocycles. The molecule has 1 rings (SSSR count). The van der Waals surface area contributed by atoms with Crippen molar-refractivity contribution in [1.29, 1.82) is 5.26 Å². The third-order valence-electron chi connectivity index (χ3n) is 2.61. The Morgan fingerprint density at radius 1 is 1.29 bits per heavy atom. The third-order valence-corrected chi connectivity index (χ3v) is 2.86. The Balaban J connectivity index is 2.80. The van der Waals surface area contributed by atoms with E-state index in [0.29, 0.717) is 10.7 Å². The van der Waals surface area contributed by atoms with Crippen LogP contribution in [0.5, 0.6) is 0 Å². The van der Waals surface area contributed by atoms with Crippen LogP contribution in [0.15, 0.2) is 36.0 Å². The van der Waals surface area contributed by atoms with E-state index in [4.69, 9.17) is 27.1 Å². The van der Waals surface area contributed by atoms with E-state index in [2.05, 4.69) is 5.32 Å². The normalized spacial score (nSPS) is 10.9. The summed E-state index contributed by atoms with van der Waals surface area (Å²) in [5.74, 6) is -0.554. The van der Waals surface area contributed by atoms with Gasteiger partial charge in [0.15, 0.2) is 0 Å². The van der Waals surface area contributed by atoms with E-state index in [-0.39, 0.29) is 31.9 Å². The summed E-state index contributed by atoms with van der Waals surface area (Å²) >= 11 is 5.76. The fourth-order valence-electron chi connectivity index (χ4n) is 1.57. The van der Waals surface area contributed by atoms with Gasteiger partial charge in [0.2, 0.25) is 0 Å². The standard InChI is InChI=1S/C14H16ClN3O3/c15-12-1-3-13(4-2-12)17-10-11(9-16)14(21)18(5-7-19)6-8-20/h1-4,10,17,19-20H,5-8H2/b11-10-. The predicted octanol–water partition coefficient (Wildman–Crippen LogP) is 0.973. The van der Waals surface area contributed by atoms with Crippen LogP contribution in [-0.4, -0.2) is 47.3 Å². The van der Waals surface area contributed by atoms with Crippen LogP contribution in [0.3, 0.4) is 0 Å². The molecular weight excluding hydrogens is 294 g/mol. The summed E-state index contributed by atoms with van der Waals surface area (Å²) in [6.07, 6.45) is 1.29. The van der Waals surface area contributed by atoms with E-state index in [9.17, 15) is 4.79 Å². The minimum atomic E-state index is -0.554. The number of carbonyl (C=O) groups is 1. The number of hydrogen-bond acceptors (Lipinski definition) is 5. The fraction of sp³-hybridized carbons (Fsp3) is 0.286. The molecule has 0 fully saturated rings. The Morgan fingerprint density at radius 2 is 1.86 bits per heavy atom. The monoisotopic (exact) mass is 309 g/mol. The number of nitriles is 1. The predicted molar refractivity (Wildman–Crippen MR) is 79.5 cm³/mol. The lowest BCUT2D eigenvalue weighted by Gasteiger charge is -2.20. The molecule has 0 saturated carbocycles. The van der Waals surface area contributed by atoms with Crippen molar-refractivity contribution in [3.8, 4) is 6.07 Å². The summed E-state index contributed by atoms with van der Waals surface area (Å²) in [5, 5.41) is 30.2. The van der Waals surface area contributed by atoms with Crippen LogP contribution in [0, 0.1) is 11.3 Å². The zero-order chi connectivity index (χ0) is 15.7. The molecular formula is C14H16ClN3O3. The molecule has 1 amide bonds. The van der Waals surface area contributed by atoms with Gasteiger partial charge < -0.3 is 20.4 Å². The van der Waals surface area contributed by atoms with Gasteiger partial charge in [0.25, 0.3) is 5.91 Å². The first-order chi connectivity index (χ1) is 10.1.